The third-order valence-corrected chi connectivity index (χ3v) is 3.40. The number of para-hydroxylation sites is 1. The Balaban J connectivity index is 1.84. The molecule has 3 N–H and O–H groups in total. The lowest BCUT2D eigenvalue weighted by atomic mass is 10.3. The van der Waals surface area contributed by atoms with Gasteiger partial charge in [-0.05, 0) is 18.6 Å². The van der Waals surface area contributed by atoms with Crippen molar-refractivity contribution in [3.8, 4) is 0 Å². The number of hydrogen-bond donors (Lipinski definition) is 3. The summed E-state index contributed by atoms with van der Waals surface area (Å²) >= 11 is 1.57. The molecule has 0 saturated heterocycles. The Kier molecular flexibility index (Phi) is 4.49. The van der Waals surface area contributed by atoms with Gasteiger partial charge in [0.15, 0.2) is 0 Å². The van der Waals surface area contributed by atoms with Crippen LogP contribution in [0.1, 0.15) is 11.4 Å². The lowest BCUT2D eigenvalue weighted by molar-refractivity contribution is 0.237. The number of thiazole rings is 1. The smallest absolute Gasteiger partial charge is 0.315 e. The second kappa shape index (κ2) is 6.32. The highest BCUT2D eigenvalue weighted by molar-refractivity contribution is 7.18. The molecule has 1 aromatic heterocycles. The van der Waals surface area contributed by atoms with Crippen molar-refractivity contribution in [1.29, 1.82) is 0 Å². The number of aliphatic hydroxyl groups is 1. The van der Waals surface area contributed by atoms with E-state index >= 15 is 0 Å². The molecule has 5 nitrogen and oxygen atoms in total. The fraction of sp³-hybridized carbons (Fsp3) is 0.333. The van der Waals surface area contributed by atoms with Crippen LogP contribution in [-0.4, -0.2) is 29.3 Å². The first kappa shape index (κ1) is 12.8. The van der Waals surface area contributed by atoms with Gasteiger partial charge in [0.25, 0.3) is 0 Å². The second-order valence-corrected chi connectivity index (χ2v) is 4.88. The summed E-state index contributed by atoms with van der Waals surface area (Å²) in [4.78, 5) is 15.8. The molecular formula is C12H15N3O2S. The normalized spacial score (nSPS) is 10.5. The fourth-order valence-electron chi connectivity index (χ4n) is 1.49. The molecule has 1 aromatic carbocycles. The Bertz CT molecular complexity index is 494. The summed E-state index contributed by atoms with van der Waals surface area (Å²) in [6.45, 7) is 0.977. The topological polar surface area (TPSA) is 74.2 Å². The number of aromatic nitrogens is 1. The van der Waals surface area contributed by atoms with Gasteiger partial charge in [-0.1, -0.05) is 12.1 Å². The number of benzene rings is 1. The van der Waals surface area contributed by atoms with Gasteiger partial charge in [-0.25, -0.2) is 9.78 Å². The Morgan fingerprint density at radius 2 is 2.17 bits per heavy atom. The molecule has 96 valence electrons. The highest BCUT2D eigenvalue weighted by Gasteiger charge is 2.04. The molecule has 0 atom stereocenters. The molecule has 6 heteroatoms. The molecule has 2 rings (SSSR count). The summed E-state index contributed by atoms with van der Waals surface area (Å²) in [6.07, 6.45) is 0.564. The maximum atomic E-state index is 11.4. The molecule has 2 aromatic rings. The van der Waals surface area contributed by atoms with E-state index in [4.69, 9.17) is 5.11 Å². The maximum Gasteiger partial charge on any atom is 0.315 e. The summed E-state index contributed by atoms with van der Waals surface area (Å²) < 4.78 is 1.12. The molecule has 0 spiro atoms. The van der Waals surface area contributed by atoms with Crippen LogP contribution in [0.25, 0.3) is 10.2 Å². The van der Waals surface area contributed by atoms with E-state index in [0.717, 1.165) is 15.2 Å². The number of carbonyl (C=O) groups excluding carboxylic acids is 1. The van der Waals surface area contributed by atoms with Gasteiger partial charge in [0, 0.05) is 13.2 Å². The lowest BCUT2D eigenvalue weighted by Gasteiger charge is -2.04. The number of aliphatic hydroxyl groups excluding tert-OH is 1. The fourth-order valence-corrected chi connectivity index (χ4v) is 2.40. The zero-order valence-corrected chi connectivity index (χ0v) is 10.7. The third kappa shape index (κ3) is 3.41. The quantitative estimate of drug-likeness (QED) is 0.717. The van der Waals surface area contributed by atoms with Crippen molar-refractivity contribution in [2.24, 2.45) is 0 Å². The van der Waals surface area contributed by atoms with E-state index in [1.165, 1.54) is 0 Å². The summed E-state index contributed by atoms with van der Waals surface area (Å²) in [7, 11) is 0. The third-order valence-electron chi connectivity index (χ3n) is 2.36. The minimum Gasteiger partial charge on any atom is -0.396 e. The molecule has 0 radical (unpaired) electrons. The van der Waals surface area contributed by atoms with Gasteiger partial charge in [0.05, 0.1) is 16.8 Å². The van der Waals surface area contributed by atoms with Gasteiger partial charge >= 0.3 is 6.03 Å². The van der Waals surface area contributed by atoms with Crippen LogP contribution in [0.2, 0.25) is 0 Å². The van der Waals surface area contributed by atoms with Gasteiger partial charge in [-0.2, -0.15) is 0 Å². The van der Waals surface area contributed by atoms with Gasteiger partial charge < -0.3 is 15.7 Å². The number of hydrogen-bond acceptors (Lipinski definition) is 4. The second-order valence-electron chi connectivity index (χ2n) is 3.76. The van der Waals surface area contributed by atoms with E-state index in [-0.39, 0.29) is 12.6 Å². The van der Waals surface area contributed by atoms with Crippen molar-refractivity contribution in [1.82, 2.24) is 15.6 Å². The Morgan fingerprint density at radius 1 is 1.33 bits per heavy atom. The molecule has 1 heterocycles. The van der Waals surface area contributed by atoms with E-state index in [0.29, 0.717) is 19.5 Å². The Hall–Kier alpha value is -1.66. The number of rotatable bonds is 5. The predicted molar refractivity (Wildman–Crippen MR) is 71.6 cm³/mol. The zero-order chi connectivity index (χ0) is 12.8. The summed E-state index contributed by atoms with van der Waals surface area (Å²) in [5, 5.41) is 14.9. The average Bonchev–Trinajstić information content (AvgIpc) is 2.79. The highest BCUT2D eigenvalue weighted by Crippen LogP contribution is 2.21. The lowest BCUT2D eigenvalue weighted by Crippen LogP contribution is -2.35. The van der Waals surface area contributed by atoms with E-state index in [2.05, 4.69) is 15.6 Å². The van der Waals surface area contributed by atoms with Crippen molar-refractivity contribution in [2.45, 2.75) is 13.0 Å². The molecule has 0 saturated carbocycles. The number of fused-ring (bicyclic) bond motifs is 1. The SMILES string of the molecule is O=C(NCCCO)NCc1nc2ccccc2s1. The molecular weight excluding hydrogens is 250 g/mol. The van der Waals surface area contributed by atoms with Crippen molar-refractivity contribution >= 4 is 27.6 Å². The van der Waals surface area contributed by atoms with Crippen molar-refractivity contribution < 1.29 is 9.90 Å². The van der Waals surface area contributed by atoms with Crippen LogP contribution in [0.5, 0.6) is 0 Å². The van der Waals surface area contributed by atoms with Gasteiger partial charge in [0.2, 0.25) is 0 Å². The highest BCUT2D eigenvalue weighted by atomic mass is 32.1. The van der Waals surface area contributed by atoms with Crippen LogP contribution >= 0.6 is 11.3 Å². The van der Waals surface area contributed by atoms with Crippen LogP contribution in [0.15, 0.2) is 24.3 Å². The van der Waals surface area contributed by atoms with Crippen molar-refractivity contribution in [3.63, 3.8) is 0 Å². The van der Waals surface area contributed by atoms with Crippen LogP contribution in [-0.2, 0) is 6.54 Å². The van der Waals surface area contributed by atoms with Crippen molar-refractivity contribution in [2.75, 3.05) is 13.2 Å². The monoisotopic (exact) mass is 265 g/mol. The number of amides is 2. The van der Waals surface area contributed by atoms with E-state index < -0.39 is 0 Å². The molecule has 0 aliphatic rings. The maximum absolute atomic E-state index is 11.4. The van der Waals surface area contributed by atoms with Crippen LogP contribution in [0.3, 0.4) is 0 Å². The molecule has 18 heavy (non-hydrogen) atoms. The summed E-state index contributed by atoms with van der Waals surface area (Å²) in [5.41, 5.74) is 0.958. The number of urea groups is 1. The van der Waals surface area contributed by atoms with Gasteiger partial charge in [0.1, 0.15) is 5.01 Å². The largest absolute Gasteiger partial charge is 0.396 e. The summed E-state index contributed by atoms with van der Waals surface area (Å²) in [5.74, 6) is 0. The first-order valence-electron chi connectivity index (χ1n) is 5.76. The Morgan fingerprint density at radius 3 is 2.94 bits per heavy atom. The molecule has 0 unspecified atom stereocenters. The van der Waals surface area contributed by atoms with Crippen molar-refractivity contribution in [3.05, 3.63) is 29.3 Å². The number of nitrogens with zero attached hydrogens (tertiary/aromatic N) is 1. The predicted octanol–water partition coefficient (Wildman–Crippen LogP) is 1.48. The van der Waals surface area contributed by atoms with Crippen LogP contribution in [0, 0.1) is 0 Å². The molecule has 0 bridgehead atoms. The minimum absolute atomic E-state index is 0.0815. The summed E-state index contributed by atoms with van der Waals surface area (Å²) in [6, 6.07) is 7.65. The number of carbonyl (C=O) groups is 1. The Labute approximate surface area is 109 Å². The van der Waals surface area contributed by atoms with E-state index in [9.17, 15) is 4.79 Å². The van der Waals surface area contributed by atoms with Gasteiger partial charge in [-0.15, -0.1) is 11.3 Å². The van der Waals surface area contributed by atoms with Crippen LogP contribution < -0.4 is 10.6 Å². The number of nitrogens with one attached hydrogen (secondary N) is 2. The molecule has 0 aliphatic carbocycles. The standard InChI is InChI=1S/C12H15N3O2S/c16-7-3-6-13-12(17)14-8-11-15-9-4-1-2-5-10(9)18-11/h1-2,4-5,16H,3,6-8H2,(H2,13,14,17). The molecule has 0 aliphatic heterocycles. The average molecular weight is 265 g/mol. The van der Waals surface area contributed by atoms with Crippen LogP contribution in [0.4, 0.5) is 4.79 Å². The first-order chi connectivity index (χ1) is 8.79. The first-order valence-corrected chi connectivity index (χ1v) is 6.58. The van der Waals surface area contributed by atoms with Gasteiger partial charge in [-0.3, -0.25) is 0 Å². The minimum atomic E-state index is -0.234. The molecule has 0 fully saturated rings. The molecule has 2 amide bonds. The zero-order valence-electron chi connectivity index (χ0n) is 9.85. The van der Waals surface area contributed by atoms with E-state index in [1.54, 1.807) is 11.3 Å². The van der Waals surface area contributed by atoms with E-state index in [1.807, 2.05) is 24.3 Å².